The summed E-state index contributed by atoms with van der Waals surface area (Å²) in [5.74, 6) is 0. The van der Waals surface area contributed by atoms with Crippen molar-refractivity contribution in [1.82, 2.24) is 0 Å². The zero-order valence-corrected chi connectivity index (χ0v) is 5.93. The summed E-state index contributed by atoms with van der Waals surface area (Å²) in [4.78, 5) is 1.23. The Kier molecular flexibility index (Phi) is 1.70. The Labute approximate surface area is 53.8 Å². The van der Waals surface area contributed by atoms with Gasteiger partial charge in [-0.3, -0.25) is 0 Å². The largest absolute Gasteiger partial charge is 0.147 e. The molecule has 0 aromatic rings. The number of hydrogen-bond acceptors (Lipinski definition) is 2. The minimum atomic E-state index is 0.771. The first kappa shape index (κ1) is 5.57. The van der Waals surface area contributed by atoms with E-state index in [-0.39, 0.29) is 0 Å². The lowest BCUT2D eigenvalue weighted by molar-refractivity contribution is 0.993. The van der Waals surface area contributed by atoms with E-state index in [9.17, 15) is 0 Å². The van der Waals surface area contributed by atoms with Gasteiger partial charge in [0.15, 0.2) is 0 Å². The van der Waals surface area contributed by atoms with Crippen LogP contribution in [0.25, 0.3) is 0 Å². The second-order valence-corrected chi connectivity index (χ2v) is 3.65. The highest BCUT2D eigenvalue weighted by atomic mass is 32.2. The van der Waals surface area contributed by atoms with Gasteiger partial charge in [0.25, 0.3) is 0 Å². The molecule has 2 heteroatoms. The summed E-state index contributed by atoms with van der Waals surface area (Å²) in [7, 11) is 0. The molecule has 0 N–H and O–H groups in total. The Morgan fingerprint density at radius 1 is 2.00 bits per heavy atom. The van der Waals surface area contributed by atoms with Crippen LogP contribution in [0.5, 0.6) is 0 Å². The predicted molar refractivity (Wildman–Crippen MR) is 38.7 cm³/mol. The fraction of sp³-hybridized carbons (Fsp3) is 0.600. The maximum Gasteiger partial charge on any atom is 0.0106 e. The van der Waals surface area contributed by atoms with E-state index in [1.54, 1.807) is 0 Å². The van der Waals surface area contributed by atoms with E-state index in [1.165, 1.54) is 4.91 Å². The molecule has 1 aliphatic heterocycles. The van der Waals surface area contributed by atoms with Crippen molar-refractivity contribution in [3.63, 3.8) is 0 Å². The van der Waals surface area contributed by atoms with Crippen LogP contribution in [0.4, 0.5) is 0 Å². The molecule has 1 unspecified atom stereocenters. The Bertz CT molecular complexity index is 96.3. The third-order valence-corrected chi connectivity index (χ3v) is 2.47. The van der Waals surface area contributed by atoms with Crippen LogP contribution in [0.1, 0.15) is 13.3 Å². The second-order valence-electron chi connectivity index (χ2n) is 1.76. The minimum absolute atomic E-state index is 0.771. The number of thioether (sulfide) groups is 1. The number of allylic oxidation sites excluding steroid dienone is 1. The molecule has 1 atom stereocenters. The molecular weight excluding hydrogens is 124 g/mol. The quantitative estimate of drug-likeness (QED) is 0.493. The molecule has 0 amide bonds. The summed E-state index contributed by atoms with van der Waals surface area (Å²) in [6.07, 6.45) is 1.16. The number of rotatable bonds is 0. The van der Waals surface area contributed by atoms with Gasteiger partial charge in [-0.05, 0) is 16.7 Å². The molecule has 1 heterocycles. The van der Waals surface area contributed by atoms with Gasteiger partial charge in [0.1, 0.15) is 0 Å². The van der Waals surface area contributed by atoms with Gasteiger partial charge in [-0.25, -0.2) is 0 Å². The molecule has 0 nitrogen and oxygen atoms in total. The molecule has 0 aliphatic carbocycles. The Hall–Kier alpha value is 0.440. The summed E-state index contributed by atoms with van der Waals surface area (Å²) in [5, 5.41) is 2.89. The molecule has 0 aromatic heterocycles. The second kappa shape index (κ2) is 2.14. The van der Waals surface area contributed by atoms with E-state index in [0.29, 0.717) is 0 Å². The molecule has 0 saturated carbocycles. The molecule has 1 aliphatic rings. The van der Waals surface area contributed by atoms with Crippen molar-refractivity contribution in [3.05, 3.63) is 10.3 Å². The van der Waals surface area contributed by atoms with Crippen molar-refractivity contribution >= 4 is 24.4 Å². The van der Waals surface area contributed by atoms with Gasteiger partial charge in [-0.2, -0.15) is 0 Å². The van der Waals surface area contributed by atoms with Gasteiger partial charge in [0, 0.05) is 5.25 Å². The summed E-state index contributed by atoms with van der Waals surface area (Å²) in [5.41, 5.74) is 0. The Morgan fingerprint density at radius 2 is 2.71 bits per heavy atom. The summed E-state index contributed by atoms with van der Waals surface area (Å²) in [6.45, 7) is 2.21. The molecule has 0 bridgehead atoms. The average Bonchev–Trinajstić information content (AvgIpc) is 1.87. The fourth-order valence-corrected chi connectivity index (χ4v) is 1.93. The first-order valence-electron chi connectivity index (χ1n) is 2.32. The topological polar surface area (TPSA) is 0 Å². The average molecular weight is 132 g/mol. The Balaban J connectivity index is 2.42. The lowest BCUT2D eigenvalue weighted by atomic mass is 10.3. The lowest BCUT2D eigenvalue weighted by Gasteiger charge is -1.93. The predicted octanol–water partition coefficient (Wildman–Crippen LogP) is 2.28. The molecule has 0 spiro atoms. The third-order valence-electron chi connectivity index (χ3n) is 0.933. The number of thiol groups is 1. The maximum atomic E-state index is 4.19. The Morgan fingerprint density at radius 3 is 2.86 bits per heavy atom. The van der Waals surface area contributed by atoms with E-state index in [4.69, 9.17) is 0 Å². The highest BCUT2D eigenvalue weighted by Crippen LogP contribution is 2.30. The smallest absolute Gasteiger partial charge is 0.0106 e. The lowest BCUT2D eigenvalue weighted by Crippen LogP contribution is -1.85. The fourth-order valence-electron chi connectivity index (χ4n) is 0.585. The molecule has 40 valence electrons. The van der Waals surface area contributed by atoms with Crippen molar-refractivity contribution in [2.45, 2.75) is 18.6 Å². The van der Waals surface area contributed by atoms with Crippen LogP contribution in [0.3, 0.4) is 0 Å². The molecule has 0 aromatic carbocycles. The molecular formula is C5H8S2. The molecule has 0 radical (unpaired) electrons. The van der Waals surface area contributed by atoms with E-state index >= 15 is 0 Å². The summed E-state index contributed by atoms with van der Waals surface area (Å²) >= 11 is 6.06. The van der Waals surface area contributed by atoms with Crippen molar-refractivity contribution in [2.75, 3.05) is 0 Å². The molecule has 7 heavy (non-hydrogen) atoms. The molecule has 0 saturated heterocycles. The molecule has 1 rings (SSSR count). The van der Waals surface area contributed by atoms with E-state index in [0.717, 1.165) is 11.7 Å². The van der Waals surface area contributed by atoms with Gasteiger partial charge >= 0.3 is 0 Å². The highest BCUT2D eigenvalue weighted by Gasteiger charge is 2.08. The number of hydrogen-bond donors (Lipinski definition) is 1. The van der Waals surface area contributed by atoms with Crippen molar-refractivity contribution < 1.29 is 0 Å². The van der Waals surface area contributed by atoms with Gasteiger partial charge in [0.2, 0.25) is 0 Å². The monoisotopic (exact) mass is 132 g/mol. The van der Waals surface area contributed by atoms with Crippen LogP contribution >= 0.6 is 24.4 Å². The van der Waals surface area contributed by atoms with Crippen LogP contribution in [0.15, 0.2) is 10.3 Å². The summed E-state index contributed by atoms with van der Waals surface area (Å²) in [6, 6.07) is 0. The first-order valence-corrected chi connectivity index (χ1v) is 3.71. The van der Waals surface area contributed by atoms with E-state index < -0.39 is 0 Å². The first-order chi connectivity index (χ1) is 3.29. The van der Waals surface area contributed by atoms with Gasteiger partial charge in [-0.1, -0.05) is 6.92 Å². The third kappa shape index (κ3) is 1.42. The zero-order chi connectivity index (χ0) is 5.28. The maximum absolute atomic E-state index is 4.19. The SMILES string of the molecule is CC1CC(S)=CS1. The molecule has 0 fully saturated rings. The van der Waals surface area contributed by atoms with Crippen LogP contribution in [0.2, 0.25) is 0 Å². The van der Waals surface area contributed by atoms with Crippen LogP contribution in [-0.2, 0) is 0 Å². The van der Waals surface area contributed by atoms with Crippen LogP contribution in [-0.4, -0.2) is 5.25 Å². The van der Waals surface area contributed by atoms with Crippen LogP contribution < -0.4 is 0 Å². The van der Waals surface area contributed by atoms with Crippen molar-refractivity contribution in [3.8, 4) is 0 Å². The minimum Gasteiger partial charge on any atom is -0.147 e. The van der Waals surface area contributed by atoms with E-state index in [2.05, 4.69) is 25.0 Å². The highest BCUT2D eigenvalue weighted by molar-refractivity contribution is 8.03. The normalized spacial score (nSPS) is 30.6. The van der Waals surface area contributed by atoms with Crippen molar-refractivity contribution in [2.24, 2.45) is 0 Å². The van der Waals surface area contributed by atoms with Gasteiger partial charge < -0.3 is 0 Å². The summed E-state index contributed by atoms with van der Waals surface area (Å²) < 4.78 is 0. The zero-order valence-electron chi connectivity index (χ0n) is 4.22. The van der Waals surface area contributed by atoms with Crippen LogP contribution in [0, 0.1) is 0 Å². The van der Waals surface area contributed by atoms with Crippen molar-refractivity contribution in [1.29, 1.82) is 0 Å². The van der Waals surface area contributed by atoms with E-state index in [1.807, 2.05) is 11.8 Å². The standard InChI is InChI=1S/C5H8S2/c1-4-2-5(6)3-7-4/h3-4,6H,2H2,1H3. The van der Waals surface area contributed by atoms with Gasteiger partial charge in [-0.15, -0.1) is 24.4 Å². The van der Waals surface area contributed by atoms with Gasteiger partial charge in [0.05, 0.1) is 0 Å².